The molecule has 0 aliphatic carbocycles. The lowest BCUT2D eigenvalue weighted by Gasteiger charge is -2.30. The number of rotatable bonds is 11. The summed E-state index contributed by atoms with van der Waals surface area (Å²) in [7, 11) is 0. The summed E-state index contributed by atoms with van der Waals surface area (Å²) < 4.78 is 68.8. The van der Waals surface area contributed by atoms with Crippen molar-refractivity contribution in [2.24, 2.45) is 5.92 Å². The molecule has 1 aliphatic heterocycles. The Labute approximate surface area is 215 Å². The summed E-state index contributed by atoms with van der Waals surface area (Å²) in [6.45, 7) is 2.24. The summed E-state index contributed by atoms with van der Waals surface area (Å²) in [5.41, 5.74) is 2.37. The number of hydrogen-bond donors (Lipinski definition) is 0. The molecule has 3 aromatic rings. The van der Waals surface area contributed by atoms with Gasteiger partial charge in [-0.2, -0.15) is 13.2 Å². The average molecular weight is 519 g/mol. The predicted octanol–water partition coefficient (Wildman–Crippen LogP) is 8.34. The lowest BCUT2D eigenvalue weighted by Crippen LogP contribution is -2.27. The fraction of sp³-hybridized carbons (Fsp3) is 0.467. The van der Waals surface area contributed by atoms with Crippen LogP contribution in [0.1, 0.15) is 62.0 Å². The van der Waals surface area contributed by atoms with Gasteiger partial charge in [0.25, 0.3) is 0 Å². The number of hydrogen-bond acceptors (Lipinski definition) is 3. The molecule has 0 aromatic heterocycles. The van der Waals surface area contributed by atoms with E-state index in [1.54, 1.807) is 24.3 Å². The van der Waals surface area contributed by atoms with Crippen molar-refractivity contribution in [3.63, 3.8) is 0 Å². The van der Waals surface area contributed by atoms with Gasteiger partial charge in [-0.25, -0.2) is 4.39 Å². The minimum absolute atomic E-state index is 0.155. The SMILES string of the molecule is CCCCCCC1COC(c2ccc3c(F)c(CCc4ccc(OCC(F)(F)F)cc4)ccc3c2)OC1. The van der Waals surface area contributed by atoms with Gasteiger partial charge in [0, 0.05) is 16.9 Å². The molecule has 0 unspecified atom stereocenters. The Morgan fingerprint density at radius 3 is 2.35 bits per heavy atom. The molecule has 3 aromatic carbocycles. The standard InChI is InChI=1S/C30H34F4O3/c1-2-3-4-5-6-22-18-35-29(36-19-22)25-13-16-27-24(17-25)12-11-23(28(27)31)10-7-21-8-14-26(15-9-21)37-20-30(32,33)34/h8-9,11-17,22,29H,2-7,10,18-20H2,1H3. The minimum Gasteiger partial charge on any atom is -0.484 e. The number of aryl methyl sites for hydroxylation is 2. The number of ether oxygens (including phenoxy) is 3. The first-order valence-corrected chi connectivity index (χ1v) is 13.0. The lowest BCUT2D eigenvalue weighted by molar-refractivity contribution is -0.206. The normalized spacial score (nSPS) is 18.3. The smallest absolute Gasteiger partial charge is 0.422 e. The van der Waals surface area contributed by atoms with Crippen LogP contribution in [0.5, 0.6) is 5.75 Å². The third kappa shape index (κ3) is 7.92. The van der Waals surface area contributed by atoms with Gasteiger partial charge in [-0.3, -0.25) is 0 Å². The molecule has 1 fully saturated rings. The maximum Gasteiger partial charge on any atom is 0.422 e. The molecular formula is C30H34F4O3. The summed E-state index contributed by atoms with van der Waals surface area (Å²) in [6, 6.07) is 15.7. The molecule has 0 saturated carbocycles. The number of alkyl halides is 3. The number of halogens is 4. The molecule has 0 spiro atoms. The first-order valence-electron chi connectivity index (χ1n) is 13.0. The second kappa shape index (κ2) is 12.7. The molecule has 3 nitrogen and oxygen atoms in total. The first kappa shape index (κ1) is 27.4. The molecule has 37 heavy (non-hydrogen) atoms. The van der Waals surface area contributed by atoms with Gasteiger partial charge in [0.15, 0.2) is 12.9 Å². The Morgan fingerprint density at radius 2 is 1.65 bits per heavy atom. The highest BCUT2D eigenvalue weighted by Crippen LogP contribution is 2.31. The van der Waals surface area contributed by atoms with Crippen LogP contribution in [-0.4, -0.2) is 26.0 Å². The monoisotopic (exact) mass is 518 g/mol. The summed E-state index contributed by atoms with van der Waals surface area (Å²) in [4.78, 5) is 0. The molecule has 200 valence electrons. The van der Waals surface area contributed by atoms with Crippen molar-refractivity contribution < 1.29 is 31.8 Å². The Kier molecular flexibility index (Phi) is 9.43. The molecule has 4 rings (SSSR count). The summed E-state index contributed by atoms with van der Waals surface area (Å²) in [6.07, 6.45) is 2.30. The highest BCUT2D eigenvalue weighted by molar-refractivity contribution is 5.84. The van der Waals surface area contributed by atoms with Gasteiger partial charge in [-0.05, 0) is 54.0 Å². The second-order valence-corrected chi connectivity index (χ2v) is 9.78. The van der Waals surface area contributed by atoms with Crippen molar-refractivity contribution in [3.8, 4) is 5.75 Å². The van der Waals surface area contributed by atoms with Crippen molar-refractivity contribution in [3.05, 3.63) is 77.1 Å². The third-order valence-electron chi connectivity index (χ3n) is 6.77. The van der Waals surface area contributed by atoms with Crippen LogP contribution in [0.15, 0.2) is 54.6 Å². The van der Waals surface area contributed by atoms with Crippen LogP contribution in [0.4, 0.5) is 17.6 Å². The Bertz CT molecular complexity index is 1140. The summed E-state index contributed by atoms with van der Waals surface area (Å²) in [5.74, 6) is 0.325. The maximum atomic E-state index is 15.3. The molecule has 1 aliphatic rings. The van der Waals surface area contributed by atoms with E-state index in [9.17, 15) is 13.2 Å². The largest absolute Gasteiger partial charge is 0.484 e. The molecule has 0 bridgehead atoms. The van der Waals surface area contributed by atoms with Gasteiger partial charge in [-0.1, -0.05) is 69.0 Å². The van der Waals surface area contributed by atoms with E-state index in [1.165, 1.54) is 37.8 Å². The maximum absolute atomic E-state index is 15.3. The van der Waals surface area contributed by atoms with Crippen molar-refractivity contribution in [2.45, 2.75) is 64.3 Å². The van der Waals surface area contributed by atoms with Gasteiger partial charge in [0.2, 0.25) is 0 Å². The van der Waals surface area contributed by atoms with E-state index in [0.29, 0.717) is 42.9 Å². The zero-order valence-corrected chi connectivity index (χ0v) is 21.2. The third-order valence-corrected chi connectivity index (χ3v) is 6.77. The molecule has 0 amide bonds. The molecular weight excluding hydrogens is 484 g/mol. The lowest BCUT2D eigenvalue weighted by atomic mass is 9.98. The second-order valence-electron chi connectivity index (χ2n) is 9.78. The average Bonchev–Trinajstić information content (AvgIpc) is 2.90. The first-order chi connectivity index (χ1) is 17.8. The molecule has 1 heterocycles. The Hall–Kier alpha value is -2.64. The van der Waals surface area contributed by atoms with E-state index in [4.69, 9.17) is 14.2 Å². The van der Waals surface area contributed by atoms with E-state index in [0.717, 1.165) is 22.9 Å². The van der Waals surface area contributed by atoms with Crippen LogP contribution in [-0.2, 0) is 22.3 Å². The van der Waals surface area contributed by atoms with Crippen molar-refractivity contribution in [2.75, 3.05) is 19.8 Å². The van der Waals surface area contributed by atoms with E-state index < -0.39 is 19.1 Å². The van der Waals surface area contributed by atoms with E-state index >= 15 is 4.39 Å². The molecule has 0 atom stereocenters. The molecule has 0 N–H and O–H groups in total. The van der Waals surface area contributed by atoms with Gasteiger partial charge in [0.1, 0.15) is 11.6 Å². The van der Waals surface area contributed by atoms with Crippen molar-refractivity contribution >= 4 is 10.8 Å². The van der Waals surface area contributed by atoms with Crippen LogP contribution in [0, 0.1) is 11.7 Å². The van der Waals surface area contributed by atoms with Crippen molar-refractivity contribution in [1.82, 2.24) is 0 Å². The molecule has 7 heteroatoms. The number of benzene rings is 3. The highest BCUT2D eigenvalue weighted by atomic mass is 19.4. The van der Waals surface area contributed by atoms with Gasteiger partial charge >= 0.3 is 6.18 Å². The summed E-state index contributed by atoms with van der Waals surface area (Å²) >= 11 is 0. The Balaban J connectivity index is 1.32. The topological polar surface area (TPSA) is 27.7 Å². The summed E-state index contributed by atoms with van der Waals surface area (Å²) in [5, 5.41) is 1.33. The zero-order chi connectivity index (χ0) is 26.3. The van der Waals surface area contributed by atoms with Gasteiger partial charge in [-0.15, -0.1) is 0 Å². The van der Waals surface area contributed by atoms with Crippen LogP contribution in [0.3, 0.4) is 0 Å². The predicted molar refractivity (Wildman–Crippen MR) is 136 cm³/mol. The van der Waals surface area contributed by atoms with Crippen LogP contribution < -0.4 is 4.74 Å². The van der Waals surface area contributed by atoms with Gasteiger partial charge < -0.3 is 14.2 Å². The minimum atomic E-state index is -4.37. The highest BCUT2D eigenvalue weighted by Gasteiger charge is 2.28. The van der Waals surface area contributed by atoms with E-state index in [1.807, 2.05) is 18.2 Å². The van der Waals surface area contributed by atoms with E-state index in [-0.39, 0.29) is 11.6 Å². The zero-order valence-electron chi connectivity index (χ0n) is 21.2. The number of fused-ring (bicyclic) bond motifs is 1. The number of unbranched alkanes of at least 4 members (excludes halogenated alkanes) is 3. The molecule has 0 radical (unpaired) electrons. The quantitative estimate of drug-likeness (QED) is 0.189. The van der Waals surface area contributed by atoms with Crippen molar-refractivity contribution in [1.29, 1.82) is 0 Å². The fourth-order valence-electron chi connectivity index (χ4n) is 4.65. The van der Waals surface area contributed by atoms with Crippen LogP contribution in [0.2, 0.25) is 0 Å². The molecule has 1 saturated heterocycles. The fourth-order valence-corrected chi connectivity index (χ4v) is 4.65. The Morgan fingerprint density at radius 1 is 0.892 bits per heavy atom. The van der Waals surface area contributed by atoms with Crippen LogP contribution in [0.25, 0.3) is 10.8 Å². The van der Waals surface area contributed by atoms with Crippen LogP contribution >= 0.6 is 0 Å². The van der Waals surface area contributed by atoms with E-state index in [2.05, 4.69) is 6.92 Å². The van der Waals surface area contributed by atoms with Gasteiger partial charge in [0.05, 0.1) is 13.2 Å².